The highest BCUT2D eigenvalue weighted by Crippen LogP contribution is 2.23. The van der Waals surface area contributed by atoms with Crippen LogP contribution in [0.25, 0.3) is 0 Å². The molecule has 1 unspecified atom stereocenters. The molecule has 84 valence electrons. The topological polar surface area (TPSA) is 72.0 Å². The quantitative estimate of drug-likeness (QED) is 0.910. The van der Waals surface area contributed by atoms with E-state index < -0.39 is 9.84 Å². The van der Waals surface area contributed by atoms with Crippen molar-refractivity contribution in [3.05, 3.63) is 3.92 Å². The van der Waals surface area contributed by atoms with Crippen LogP contribution in [0.4, 0.5) is 5.13 Å². The van der Waals surface area contributed by atoms with Crippen LogP contribution < -0.4 is 5.32 Å². The molecule has 1 aliphatic rings. The van der Waals surface area contributed by atoms with Crippen LogP contribution in [0, 0.1) is 0 Å². The third-order valence-corrected chi connectivity index (χ3v) is 5.93. The van der Waals surface area contributed by atoms with Gasteiger partial charge in [-0.25, -0.2) is 8.42 Å². The number of nitrogens with zero attached hydrogens (tertiary/aromatic N) is 2. The second kappa shape index (κ2) is 4.34. The lowest BCUT2D eigenvalue weighted by atomic mass is 10.2. The van der Waals surface area contributed by atoms with Crippen molar-refractivity contribution < 1.29 is 8.42 Å². The van der Waals surface area contributed by atoms with Crippen LogP contribution in [0.3, 0.4) is 0 Å². The molecule has 1 aliphatic heterocycles. The molecule has 15 heavy (non-hydrogen) atoms. The van der Waals surface area contributed by atoms with E-state index in [2.05, 4.69) is 31.4 Å². The number of nitrogens with one attached hydrogen (secondary N) is 1. The van der Waals surface area contributed by atoms with Crippen molar-refractivity contribution in [3.63, 3.8) is 0 Å². The van der Waals surface area contributed by atoms with Crippen LogP contribution in [-0.4, -0.2) is 36.2 Å². The maximum absolute atomic E-state index is 11.5. The summed E-state index contributed by atoms with van der Waals surface area (Å²) in [5.41, 5.74) is 0. The summed E-state index contributed by atoms with van der Waals surface area (Å²) >= 11 is 4.55. The Labute approximate surface area is 100 Å². The van der Waals surface area contributed by atoms with Gasteiger partial charge in [0.15, 0.2) is 13.8 Å². The van der Waals surface area contributed by atoms with Crippen LogP contribution >= 0.6 is 27.3 Å². The van der Waals surface area contributed by atoms with Crippen LogP contribution in [0.5, 0.6) is 0 Å². The average molecular weight is 312 g/mol. The largest absolute Gasteiger partial charge is 0.359 e. The predicted molar refractivity (Wildman–Crippen MR) is 62.9 cm³/mol. The van der Waals surface area contributed by atoms with Gasteiger partial charge in [-0.05, 0) is 28.8 Å². The summed E-state index contributed by atoms with van der Waals surface area (Å²) < 4.78 is 23.7. The summed E-state index contributed by atoms with van der Waals surface area (Å²) in [6.07, 6.45) is 1.52. The molecule has 2 rings (SSSR count). The standard InChI is InChI=1S/C7H10BrN3O2S2/c8-6-10-11-7(14-6)9-4-5-2-1-3-15(5,12)13/h5H,1-4H2,(H,9,11). The van der Waals surface area contributed by atoms with E-state index in [1.165, 1.54) is 11.3 Å². The molecule has 0 aromatic carbocycles. The first kappa shape index (κ1) is 11.3. The van der Waals surface area contributed by atoms with Crippen LogP contribution in [-0.2, 0) is 9.84 Å². The molecule has 1 aromatic rings. The van der Waals surface area contributed by atoms with Gasteiger partial charge in [-0.2, -0.15) is 0 Å². The third kappa shape index (κ3) is 2.67. The SMILES string of the molecule is O=S1(=O)CCCC1CNc1nnc(Br)s1. The van der Waals surface area contributed by atoms with Crippen molar-refractivity contribution in [3.8, 4) is 0 Å². The van der Waals surface area contributed by atoms with Crippen molar-refractivity contribution in [2.75, 3.05) is 17.6 Å². The van der Waals surface area contributed by atoms with E-state index in [9.17, 15) is 8.42 Å². The molecule has 8 heteroatoms. The van der Waals surface area contributed by atoms with E-state index in [1.54, 1.807) is 0 Å². The summed E-state index contributed by atoms with van der Waals surface area (Å²) in [5.74, 6) is 0.319. The van der Waals surface area contributed by atoms with Crippen molar-refractivity contribution in [1.82, 2.24) is 10.2 Å². The minimum Gasteiger partial charge on any atom is -0.359 e. The second-order valence-corrected chi connectivity index (χ2v) is 8.03. The van der Waals surface area contributed by atoms with Crippen molar-refractivity contribution in [1.29, 1.82) is 0 Å². The fourth-order valence-electron chi connectivity index (χ4n) is 1.57. The molecule has 0 spiro atoms. The molecule has 5 nitrogen and oxygen atoms in total. The molecular weight excluding hydrogens is 302 g/mol. The fraction of sp³-hybridized carbons (Fsp3) is 0.714. The lowest BCUT2D eigenvalue weighted by Crippen LogP contribution is -2.24. The first-order chi connectivity index (χ1) is 7.08. The lowest BCUT2D eigenvalue weighted by Gasteiger charge is -2.08. The molecule has 1 N–H and O–H groups in total. The second-order valence-electron chi connectivity index (χ2n) is 3.37. The van der Waals surface area contributed by atoms with Crippen molar-refractivity contribution in [2.24, 2.45) is 0 Å². The first-order valence-corrected chi connectivity index (χ1v) is 7.85. The third-order valence-electron chi connectivity index (χ3n) is 2.34. The fourth-order valence-corrected chi connectivity index (χ4v) is 4.35. The first-order valence-electron chi connectivity index (χ1n) is 4.52. The summed E-state index contributed by atoms with van der Waals surface area (Å²) in [5, 5.41) is 11.0. The highest BCUT2D eigenvalue weighted by molar-refractivity contribution is 9.11. The van der Waals surface area contributed by atoms with Gasteiger partial charge in [-0.15, -0.1) is 10.2 Å². The highest BCUT2D eigenvalue weighted by atomic mass is 79.9. The summed E-state index contributed by atoms with van der Waals surface area (Å²) in [6, 6.07) is 0. The number of rotatable bonds is 3. The number of sulfone groups is 1. The Morgan fingerprint density at radius 3 is 2.87 bits per heavy atom. The Bertz CT molecular complexity index is 445. The van der Waals surface area contributed by atoms with E-state index in [4.69, 9.17) is 0 Å². The smallest absolute Gasteiger partial charge is 0.206 e. The maximum Gasteiger partial charge on any atom is 0.206 e. The van der Waals surface area contributed by atoms with Gasteiger partial charge < -0.3 is 5.32 Å². The number of hydrogen-bond acceptors (Lipinski definition) is 6. The minimum absolute atomic E-state index is 0.264. The average Bonchev–Trinajstić information content (AvgIpc) is 2.69. The molecule has 0 saturated carbocycles. The molecule has 1 fully saturated rings. The minimum atomic E-state index is -2.87. The lowest BCUT2D eigenvalue weighted by molar-refractivity contribution is 0.591. The van der Waals surface area contributed by atoms with Crippen molar-refractivity contribution >= 4 is 42.2 Å². The molecular formula is C7H10BrN3O2S2. The number of anilines is 1. The van der Waals surface area contributed by atoms with Gasteiger partial charge in [0.05, 0.1) is 11.0 Å². The van der Waals surface area contributed by atoms with Gasteiger partial charge in [0.25, 0.3) is 0 Å². The summed E-state index contributed by atoms with van der Waals surface area (Å²) in [4.78, 5) is 0. The van der Waals surface area contributed by atoms with Gasteiger partial charge in [-0.1, -0.05) is 11.3 Å². The van der Waals surface area contributed by atoms with E-state index in [-0.39, 0.29) is 5.25 Å². The molecule has 1 aromatic heterocycles. The number of aromatic nitrogens is 2. The zero-order chi connectivity index (χ0) is 10.9. The Kier molecular flexibility index (Phi) is 3.27. The highest BCUT2D eigenvalue weighted by Gasteiger charge is 2.30. The van der Waals surface area contributed by atoms with Gasteiger partial charge in [0, 0.05) is 6.54 Å². The summed E-state index contributed by atoms with van der Waals surface area (Å²) in [6.45, 7) is 0.434. The maximum atomic E-state index is 11.5. The molecule has 0 bridgehead atoms. The van der Waals surface area contributed by atoms with E-state index >= 15 is 0 Å². The predicted octanol–water partition coefficient (Wildman–Crippen LogP) is 1.29. The number of halogens is 1. The Balaban J connectivity index is 1.94. The normalized spacial score (nSPS) is 24.2. The summed E-state index contributed by atoms with van der Waals surface area (Å²) in [7, 11) is -2.87. The Morgan fingerprint density at radius 1 is 1.53 bits per heavy atom. The molecule has 1 saturated heterocycles. The Hall–Kier alpha value is -0.210. The molecule has 0 amide bonds. The van der Waals surface area contributed by atoms with Crippen LogP contribution in [0.15, 0.2) is 3.92 Å². The zero-order valence-electron chi connectivity index (χ0n) is 7.81. The molecule has 0 aliphatic carbocycles. The molecule has 0 radical (unpaired) electrons. The van der Waals surface area contributed by atoms with E-state index in [0.717, 1.165) is 12.8 Å². The zero-order valence-corrected chi connectivity index (χ0v) is 11.0. The van der Waals surface area contributed by atoms with E-state index in [0.29, 0.717) is 21.3 Å². The van der Waals surface area contributed by atoms with Gasteiger partial charge in [0.1, 0.15) is 0 Å². The van der Waals surface area contributed by atoms with Crippen LogP contribution in [0.2, 0.25) is 0 Å². The van der Waals surface area contributed by atoms with E-state index in [1.807, 2.05) is 0 Å². The number of hydrogen-bond donors (Lipinski definition) is 1. The monoisotopic (exact) mass is 311 g/mol. The van der Waals surface area contributed by atoms with Gasteiger partial charge in [0.2, 0.25) is 5.13 Å². The molecule has 1 atom stereocenters. The Morgan fingerprint density at radius 2 is 2.33 bits per heavy atom. The van der Waals surface area contributed by atoms with Crippen molar-refractivity contribution in [2.45, 2.75) is 18.1 Å². The van der Waals surface area contributed by atoms with Crippen LogP contribution in [0.1, 0.15) is 12.8 Å². The van der Waals surface area contributed by atoms with Gasteiger partial charge in [-0.3, -0.25) is 0 Å². The molecule has 2 heterocycles. The van der Waals surface area contributed by atoms with Gasteiger partial charge >= 0.3 is 0 Å².